The standard InChI is InChI=1S/C39H36F2N6O6/c1-39(2,3)44-37(51)53-34(30-20-45-19-25(40)12-16-31(45)43-30)23-9-13-27(14-10-23)46-36(50)29-17-26(41)18-42-35(29)47(38(46)52)32-24(21-48)11-15-28(33(32)49)22-7-5-4-6-8-22/h4-8,11-12,15-21,23,27,34,49H,9-10,13-14H2,1-3H3,(H,44,51). The number of hydrogen-bond donors (Lipinski definition) is 2. The maximum absolute atomic E-state index is 14.7. The van der Waals surface area contributed by atoms with Crippen molar-refractivity contribution in [3.8, 4) is 22.6 Å². The van der Waals surface area contributed by atoms with Crippen molar-refractivity contribution in [2.24, 2.45) is 5.92 Å². The van der Waals surface area contributed by atoms with Gasteiger partial charge < -0.3 is 19.6 Å². The Kier molecular flexibility index (Phi) is 9.14. The summed E-state index contributed by atoms with van der Waals surface area (Å²) in [5, 5.41) is 14.2. The Hall–Kier alpha value is -6.18. The normalized spacial score (nSPS) is 16.8. The van der Waals surface area contributed by atoms with Crippen LogP contribution in [0.15, 0.2) is 88.8 Å². The van der Waals surface area contributed by atoms with Crippen LogP contribution in [0.4, 0.5) is 13.6 Å². The molecule has 6 aromatic rings. The monoisotopic (exact) mass is 722 g/mol. The van der Waals surface area contributed by atoms with Gasteiger partial charge in [0, 0.05) is 41.0 Å². The molecule has 1 fully saturated rings. The highest BCUT2D eigenvalue weighted by Gasteiger charge is 2.36. The minimum Gasteiger partial charge on any atom is -0.505 e. The lowest BCUT2D eigenvalue weighted by atomic mass is 9.81. The number of fused-ring (bicyclic) bond motifs is 2. The van der Waals surface area contributed by atoms with Crippen molar-refractivity contribution in [2.75, 3.05) is 0 Å². The van der Waals surface area contributed by atoms with Gasteiger partial charge in [-0.2, -0.15) is 0 Å². The maximum atomic E-state index is 14.7. The summed E-state index contributed by atoms with van der Waals surface area (Å²) in [7, 11) is 0. The lowest BCUT2D eigenvalue weighted by Crippen LogP contribution is -2.44. The Labute approximate surface area is 301 Å². The molecule has 7 rings (SSSR count). The van der Waals surface area contributed by atoms with Gasteiger partial charge in [0.2, 0.25) is 0 Å². The predicted molar refractivity (Wildman–Crippen MR) is 192 cm³/mol. The second-order valence-electron chi connectivity index (χ2n) is 14.2. The first kappa shape index (κ1) is 35.2. The number of phenols is 1. The molecule has 1 atom stereocenters. The lowest BCUT2D eigenvalue weighted by molar-refractivity contribution is 0.0354. The van der Waals surface area contributed by atoms with Crippen LogP contribution in [0.2, 0.25) is 0 Å². The highest BCUT2D eigenvalue weighted by molar-refractivity contribution is 5.90. The van der Waals surface area contributed by atoms with E-state index in [4.69, 9.17) is 4.74 Å². The van der Waals surface area contributed by atoms with Crippen LogP contribution < -0.4 is 16.6 Å². The summed E-state index contributed by atoms with van der Waals surface area (Å²) in [5.41, 5.74) is -0.911. The molecule has 272 valence electrons. The number of nitrogens with one attached hydrogen (secondary N) is 1. The first-order valence-electron chi connectivity index (χ1n) is 17.2. The third kappa shape index (κ3) is 6.79. The number of carbonyl (C=O) groups excluding carboxylic acids is 2. The maximum Gasteiger partial charge on any atom is 0.408 e. The van der Waals surface area contributed by atoms with Gasteiger partial charge in [0.25, 0.3) is 5.56 Å². The molecule has 0 radical (unpaired) electrons. The van der Waals surface area contributed by atoms with Gasteiger partial charge in [-0.3, -0.25) is 14.2 Å². The Bertz CT molecular complexity index is 2500. The predicted octanol–water partition coefficient (Wildman–Crippen LogP) is 6.66. The van der Waals surface area contributed by atoms with E-state index in [1.807, 2.05) is 20.8 Å². The highest BCUT2D eigenvalue weighted by atomic mass is 19.1. The fraction of sp³-hybridized carbons (Fsp3) is 0.282. The van der Waals surface area contributed by atoms with Crippen molar-refractivity contribution in [3.05, 3.63) is 123 Å². The van der Waals surface area contributed by atoms with Crippen LogP contribution in [-0.2, 0) is 4.74 Å². The zero-order chi connectivity index (χ0) is 37.6. The second-order valence-corrected chi connectivity index (χ2v) is 14.2. The van der Waals surface area contributed by atoms with Crippen LogP contribution in [0, 0.1) is 17.6 Å². The molecular formula is C39H36F2N6O6. The van der Waals surface area contributed by atoms with Gasteiger partial charge in [-0.25, -0.2) is 32.9 Å². The Morgan fingerprint density at radius 3 is 2.43 bits per heavy atom. The third-order valence-electron chi connectivity index (χ3n) is 9.48. The lowest BCUT2D eigenvalue weighted by Gasteiger charge is -2.34. The minimum atomic E-state index is -0.867. The number of rotatable bonds is 7. The van der Waals surface area contributed by atoms with Crippen LogP contribution >= 0.6 is 0 Å². The number of aldehydes is 1. The molecule has 2 N–H and O–H groups in total. The summed E-state index contributed by atoms with van der Waals surface area (Å²) < 4.78 is 38.2. The molecule has 1 saturated carbocycles. The first-order valence-corrected chi connectivity index (χ1v) is 17.2. The number of hydrogen-bond acceptors (Lipinski definition) is 8. The molecule has 0 spiro atoms. The number of carbonyl (C=O) groups is 2. The fourth-order valence-electron chi connectivity index (χ4n) is 7.12. The number of imidazole rings is 1. The Balaban J connectivity index is 1.29. The summed E-state index contributed by atoms with van der Waals surface area (Å²) in [6.07, 6.45) is 3.99. The summed E-state index contributed by atoms with van der Waals surface area (Å²) in [6.45, 7) is 5.44. The molecular weight excluding hydrogens is 686 g/mol. The largest absolute Gasteiger partial charge is 0.505 e. The molecule has 14 heteroatoms. The number of aromatic nitrogens is 5. The summed E-state index contributed by atoms with van der Waals surface area (Å²) in [6, 6.07) is 14.9. The molecule has 1 unspecified atom stereocenters. The Morgan fingerprint density at radius 2 is 1.74 bits per heavy atom. The zero-order valence-electron chi connectivity index (χ0n) is 29.1. The molecule has 12 nitrogen and oxygen atoms in total. The van der Waals surface area contributed by atoms with Gasteiger partial charge in [0.15, 0.2) is 11.9 Å². The average molecular weight is 723 g/mol. The highest BCUT2D eigenvalue weighted by Crippen LogP contribution is 2.41. The number of ether oxygens (including phenoxy) is 1. The number of phenolic OH excluding ortho intramolecular Hbond substituents is 1. The zero-order valence-corrected chi connectivity index (χ0v) is 29.1. The molecule has 1 aliphatic carbocycles. The molecule has 0 saturated heterocycles. The number of amides is 1. The molecule has 0 aliphatic heterocycles. The smallest absolute Gasteiger partial charge is 0.408 e. The van der Waals surface area contributed by atoms with E-state index in [9.17, 15) is 33.1 Å². The van der Waals surface area contributed by atoms with Gasteiger partial charge in [-0.05, 0) is 82.3 Å². The topological polar surface area (TPSA) is 150 Å². The number of alkyl carbamates (subject to hydrolysis) is 1. The van der Waals surface area contributed by atoms with Crippen LogP contribution in [-0.4, -0.2) is 46.5 Å². The SMILES string of the molecule is CC(C)(C)NC(=O)OC(c1cn2cc(F)ccc2n1)C1CCC(n2c(=O)c3cc(F)cnc3n(-c3c(C=O)ccc(-c4ccccc4)c3O)c2=O)CC1. The van der Waals surface area contributed by atoms with Gasteiger partial charge in [0.1, 0.15) is 40.5 Å². The quantitative estimate of drug-likeness (QED) is 0.174. The van der Waals surface area contributed by atoms with Crippen molar-refractivity contribution in [2.45, 2.75) is 64.1 Å². The number of aromatic hydroxyl groups is 1. The number of nitrogens with zero attached hydrogens (tertiary/aromatic N) is 5. The Morgan fingerprint density at radius 1 is 1.00 bits per heavy atom. The number of halogens is 2. The van der Waals surface area contributed by atoms with E-state index < -0.39 is 52.4 Å². The first-order chi connectivity index (χ1) is 25.3. The molecule has 4 heterocycles. The van der Waals surface area contributed by atoms with Crippen molar-refractivity contribution < 1.29 is 28.2 Å². The molecule has 1 aliphatic rings. The molecule has 4 aromatic heterocycles. The van der Waals surface area contributed by atoms with Crippen LogP contribution in [0.3, 0.4) is 0 Å². The third-order valence-corrected chi connectivity index (χ3v) is 9.48. The summed E-state index contributed by atoms with van der Waals surface area (Å²) in [5.74, 6) is -1.98. The minimum absolute atomic E-state index is 0.0496. The summed E-state index contributed by atoms with van der Waals surface area (Å²) in [4.78, 5) is 62.7. The van der Waals surface area contributed by atoms with Crippen molar-refractivity contribution in [3.63, 3.8) is 0 Å². The van der Waals surface area contributed by atoms with E-state index >= 15 is 0 Å². The van der Waals surface area contributed by atoms with Crippen molar-refractivity contribution in [1.29, 1.82) is 0 Å². The van der Waals surface area contributed by atoms with E-state index in [-0.39, 0.29) is 41.0 Å². The van der Waals surface area contributed by atoms with Gasteiger partial charge in [0.05, 0.1) is 11.6 Å². The van der Waals surface area contributed by atoms with E-state index in [0.29, 0.717) is 41.6 Å². The van der Waals surface area contributed by atoms with Crippen LogP contribution in [0.1, 0.15) is 74.7 Å². The molecule has 53 heavy (non-hydrogen) atoms. The van der Waals surface area contributed by atoms with Gasteiger partial charge in [-0.15, -0.1) is 0 Å². The molecule has 1 amide bonds. The second kappa shape index (κ2) is 13.7. The molecule has 2 aromatic carbocycles. The van der Waals surface area contributed by atoms with E-state index in [1.54, 1.807) is 42.6 Å². The molecule has 0 bridgehead atoms. The van der Waals surface area contributed by atoms with E-state index in [0.717, 1.165) is 21.4 Å². The van der Waals surface area contributed by atoms with E-state index in [2.05, 4.69) is 15.3 Å². The fourth-order valence-corrected chi connectivity index (χ4v) is 7.12. The van der Waals surface area contributed by atoms with Crippen LogP contribution in [0.5, 0.6) is 5.75 Å². The average Bonchev–Trinajstić information content (AvgIpc) is 3.54. The number of pyridine rings is 2. The number of benzene rings is 2. The van der Waals surface area contributed by atoms with E-state index in [1.165, 1.54) is 28.8 Å². The van der Waals surface area contributed by atoms with Crippen molar-refractivity contribution >= 4 is 29.1 Å². The van der Waals surface area contributed by atoms with Gasteiger partial charge in [-0.1, -0.05) is 30.3 Å². The van der Waals surface area contributed by atoms with Gasteiger partial charge >= 0.3 is 11.8 Å². The summed E-state index contributed by atoms with van der Waals surface area (Å²) >= 11 is 0. The van der Waals surface area contributed by atoms with Crippen molar-refractivity contribution in [1.82, 2.24) is 28.8 Å². The van der Waals surface area contributed by atoms with Crippen LogP contribution in [0.25, 0.3) is 33.5 Å².